The van der Waals surface area contributed by atoms with E-state index in [2.05, 4.69) is 10.2 Å². The minimum atomic E-state index is -0.0900. The Kier molecular flexibility index (Phi) is 7.34. The summed E-state index contributed by atoms with van der Waals surface area (Å²) in [5, 5.41) is 3.02. The van der Waals surface area contributed by atoms with E-state index in [4.69, 9.17) is 14.2 Å². The van der Waals surface area contributed by atoms with E-state index < -0.39 is 0 Å². The molecule has 1 unspecified atom stereocenters. The van der Waals surface area contributed by atoms with Gasteiger partial charge < -0.3 is 19.5 Å². The average Bonchev–Trinajstić information content (AvgIpc) is 2.62. The number of amides is 1. The molecule has 1 amide bonds. The molecule has 0 bridgehead atoms. The van der Waals surface area contributed by atoms with Crippen LogP contribution in [-0.2, 0) is 16.0 Å². The van der Waals surface area contributed by atoms with E-state index in [0.717, 1.165) is 38.4 Å². The summed E-state index contributed by atoms with van der Waals surface area (Å²) in [6, 6.07) is 5.77. The molecule has 6 heteroatoms. The highest BCUT2D eigenvalue weighted by Gasteiger charge is 2.16. The molecule has 1 saturated heterocycles. The Labute approximate surface area is 144 Å². The summed E-state index contributed by atoms with van der Waals surface area (Å²) in [5.74, 6) is 1.38. The van der Waals surface area contributed by atoms with Gasteiger partial charge in [0.1, 0.15) is 0 Å². The summed E-state index contributed by atoms with van der Waals surface area (Å²) in [6.45, 7) is 6.94. The zero-order chi connectivity index (χ0) is 17.4. The van der Waals surface area contributed by atoms with Gasteiger partial charge in [-0.3, -0.25) is 9.69 Å². The van der Waals surface area contributed by atoms with Gasteiger partial charge in [-0.2, -0.15) is 0 Å². The van der Waals surface area contributed by atoms with E-state index in [0.29, 0.717) is 24.5 Å². The topological polar surface area (TPSA) is 60.0 Å². The van der Waals surface area contributed by atoms with Gasteiger partial charge in [0.05, 0.1) is 27.4 Å². The lowest BCUT2D eigenvalue weighted by Gasteiger charge is -2.26. The van der Waals surface area contributed by atoms with E-state index in [1.807, 2.05) is 25.1 Å². The predicted molar refractivity (Wildman–Crippen MR) is 92.7 cm³/mol. The van der Waals surface area contributed by atoms with Crippen molar-refractivity contribution in [2.24, 2.45) is 5.92 Å². The van der Waals surface area contributed by atoms with E-state index in [9.17, 15) is 4.79 Å². The van der Waals surface area contributed by atoms with Crippen LogP contribution in [0.15, 0.2) is 18.2 Å². The quantitative estimate of drug-likeness (QED) is 0.776. The minimum Gasteiger partial charge on any atom is -0.493 e. The molecule has 1 fully saturated rings. The van der Waals surface area contributed by atoms with Crippen LogP contribution in [0.2, 0.25) is 0 Å². The van der Waals surface area contributed by atoms with Gasteiger partial charge in [0.15, 0.2) is 11.5 Å². The maximum Gasteiger partial charge on any atom is 0.223 e. The van der Waals surface area contributed by atoms with Crippen molar-refractivity contribution in [3.63, 3.8) is 0 Å². The van der Waals surface area contributed by atoms with Crippen LogP contribution in [0.5, 0.6) is 11.5 Å². The normalized spacial score (nSPS) is 16.5. The van der Waals surface area contributed by atoms with Crippen LogP contribution in [0.25, 0.3) is 0 Å². The molecule has 0 radical (unpaired) electrons. The Hall–Kier alpha value is -1.79. The van der Waals surface area contributed by atoms with Gasteiger partial charge in [0.25, 0.3) is 0 Å². The maximum atomic E-state index is 12.3. The fraction of sp³-hybridized carbons (Fsp3) is 0.611. The molecule has 1 N–H and O–H groups in total. The van der Waals surface area contributed by atoms with Crippen LogP contribution in [0.3, 0.4) is 0 Å². The second kappa shape index (κ2) is 9.49. The van der Waals surface area contributed by atoms with Crippen LogP contribution < -0.4 is 14.8 Å². The number of carbonyl (C=O) groups excluding carboxylic acids is 1. The van der Waals surface area contributed by atoms with Crippen molar-refractivity contribution in [1.29, 1.82) is 0 Å². The molecule has 0 spiro atoms. The van der Waals surface area contributed by atoms with Gasteiger partial charge in [-0.25, -0.2) is 0 Å². The molecule has 6 nitrogen and oxygen atoms in total. The third-order valence-electron chi connectivity index (χ3n) is 4.27. The molecule has 1 aliphatic heterocycles. The average molecular weight is 336 g/mol. The number of hydrogen-bond donors (Lipinski definition) is 1. The molecule has 1 aliphatic rings. The summed E-state index contributed by atoms with van der Waals surface area (Å²) in [5.41, 5.74) is 1.06. The molecule has 0 saturated carbocycles. The molecule has 0 aromatic heterocycles. The number of benzene rings is 1. The summed E-state index contributed by atoms with van der Waals surface area (Å²) in [4.78, 5) is 14.6. The number of carbonyl (C=O) groups is 1. The fourth-order valence-electron chi connectivity index (χ4n) is 2.79. The van der Waals surface area contributed by atoms with Crippen molar-refractivity contribution < 1.29 is 19.0 Å². The summed E-state index contributed by atoms with van der Waals surface area (Å²) in [6.07, 6.45) is 0.670. The summed E-state index contributed by atoms with van der Waals surface area (Å²) in [7, 11) is 3.23. The van der Waals surface area contributed by atoms with Crippen LogP contribution in [-0.4, -0.2) is 64.4 Å². The Balaban J connectivity index is 1.78. The summed E-state index contributed by atoms with van der Waals surface area (Å²) < 4.78 is 15.9. The zero-order valence-electron chi connectivity index (χ0n) is 14.8. The SMILES string of the molecule is COc1ccc(CC(C)C(=O)NCCN2CCOCC2)cc1OC. The summed E-state index contributed by atoms with van der Waals surface area (Å²) >= 11 is 0. The first-order valence-electron chi connectivity index (χ1n) is 8.42. The highest BCUT2D eigenvalue weighted by Crippen LogP contribution is 2.28. The first-order valence-corrected chi connectivity index (χ1v) is 8.42. The number of methoxy groups -OCH3 is 2. The van der Waals surface area contributed by atoms with Crippen LogP contribution in [0.4, 0.5) is 0 Å². The fourth-order valence-corrected chi connectivity index (χ4v) is 2.79. The molecule has 1 heterocycles. The highest BCUT2D eigenvalue weighted by molar-refractivity contribution is 5.78. The molecular formula is C18H28N2O4. The number of ether oxygens (including phenoxy) is 3. The number of morpholine rings is 1. The molecule has 134 valence electrons. The van der Waals surface area contributed by atoms with E-state index >= 15 is 0 Å². The van der Waals surface area contributed by atoms with Crippen molar-refractivity contribution in [2.45, 2.75) is 13.3 Å². The second-order valence-corrected chi connectivity index (χ2v) is 6.04. The predicted octanol–water partition coefficient (Wildman–Crippen LogP) is 1.33. The third kappa shape index (κ3) is 5.39. The number of nitrogens with one attached hydrogen (secondary N) is 1. The Morgan fingerprint density at radius 1 is 1.25 bits per heavy atom. The van der Waals surface area contributed by atoms with Crippen LogP contribution in [0.1, 0.15) is 12.5 Å². The standard InChI is InChI=1S/C18H28N2O4/c1-14(12-15-4-5-16(22-2)17(13-15)23-3)18(21)19-6-7-20-8-10-24-11-9-20/h4-5,13-14H,6-12H2,1-3H3,(H,19,21). The third-order valence-corrected chi connectivity index (χ3v) is 4.27. The van der Waals surface area contributed by atoms with Crippen molar-refractivity contribution in [3.8, 4) is 11.5 Å². The number of nitrogens with zero attached hydrogens (tertiary/aromatic N) is 1. The van der Waals surface area contributed by atoms with Crippen LogP contribution in [0, 0.1) is 5.92 Å². The van der Waals surface area contributed by atoms with Crippen molar-refractivity contribution in [1.82, 2.24) is 10.2 Å². The smallest absolute Gasteiger partial charge is 0.223 e. The van der Waals surface area contributed by atoms with Gasteiger partial charge in [-0.15, -0.1) is 0 Å². The second-order valence-electron chi connectivity index (χ2n) is 6.04. The zero-order valence-corrected chi connectivity index (χ0v) is 14.8. The van der Waals surface area contributed by atoms with Crippen LogP contribution >= 0.6 is 0 Å². The Morgan fingerprint density at radius 3 is 2.62 bits per heavy atom. The van der Waals surface area contributed by atoms with Gasteiger partial charge in [-0.05, 0) is 24.1 Å². The van der Waals surface area contributed by atoms with Gasteiger partial charge in [0.2, 0.25) is 5.91 Å². The maximum absolute atomic E-state index is 12.3. The van der Waals surface area contributed by atoms with Crippen molar-refractivity contribution in [2.75, 3.05) is 53.6 Å². The largest absolute Gasteiger partial charge is 0.493 e. The highest BCUT2D eigenvalue weighted by atomic mass is 16.5. The van der Waals surface area contributed by atoms with Gasteiger partial charge in [0, 0.05) is 32.1 Å². The monoisotopic (exact) mass is 336 g/mol. The minimum absolute atomic E-state index is 0.0815. The van der Waals surface area contributed by atoms with Crippen molar-refractivity contribution >= 4 is 5.91 Å². The lowest BCUT2D eigenvalue weighted by molar-refractivity contribution is -0.124. The molecule has 1 aromatic carbocycles. The molecule has 1 aromatic rings. The first-order chi connectivity index (χ1) is 11.6. The van der Waals surface area contributed by atoms with Gasteiger partial charge >= 0.3 is 0 Å². The van der Waals surface area contributed by atoms with Gasteiger partial charge in [-0.1, -0.05) is 13.0 Å². The molecule has 0 aliphatic carbocycles. The Morgan fingerprint density at radius 2 is 1.96 bits per heavy atom. The molecule has 1 atom stereocenters. The molecule has 2 rings (SSSR count). The lowest BCUT2D eigenvalue weighted by Crippen LogP contribution is -2.42. The molecular weight excluding hydrogens is 308 g/mol. The lowest BCUT2D eigenvalue weighted by atomic mass is 10.00. The number of hydrogen-bond acceptors (Lipinski definition) is 5. The Bertz CT molecular complexity index is 530. The van der Waals surface area contributed by atoms with E-state index in [1.165, 1.54) is 0 Å². The van der Waals surface area contributed by atoms with E-state index in [1.54, 1.807) is 14.2 Å². The van der Waals surface area contributed by atoms with Crippen molar-refractivity contribution in [3.05, 3.63) is 23.8 Å². The number of rotatable bonds is 8. The molecule has 24 heavy (non-hydrogen) atoms. The van der Waals surface area contributed by atoms with E-state index in [-0.39, 0.29) is 11.8 Å². The first kappa shape index (κ1) is 18.5.